The summed E-state index contributed by atoms with van der Waals surface area (Å²) in [6.45, 7) is 0. The van der Waals surface area contributed by atoms with Crippen molar-refractivity contribution in [3.63, 3.8) is 0 Å². The maximum atomic E-state index is 14.8. The normalized spacial score (nSPS) is 26.5. The molecule has 2 aliphatic heterocycles. The van der Waals surface area contributed by atoms with Crippen molar-refractivity contribution in [1.29, 1.82) is 0 Å². The Balaban J connectivity index is 1.42. The number of rotatable bonds is 3. The van der Waals surface area contributed by atoms with Crippen LogP contribution in [0.3, 0.4) is 0 Å². The Labute approximate surface area is 161 Å². The minimum atomic E-state index is -0.942. The van der Waals surface area contributed by atoms with Crippen molar-refractivity contribution in [3.8, 4) is 17.1 Å². The van der Waals surface area contributed by atoms with Gasteiger partial charge in [0, 0.05) is 36.9 Å². The summed E-state index contributed by atoms with van der Waals surface area (Å²) in [4.78, 5) is 10.3. The Morgan fingerprint density at radius 2 is 2.07 bits per heavy atom. The van der Waals surface area contributed by atoms with Crippen molar-refractivity contribution in [2.24, 2.45) is 0 Å². The van der Waals surface area contributed by atoms with E-state index in [1.807, 2.05) is 18.0 Å². The van der Waals surface area contributed by atoms with E-state index in [4.69, 9.17) is 0 Å². The lowest BCUT2D eigenvalue weighted by molar-refractivity contribution is 0.176. The number of phenols is 1. The smallest absolute Gasteiger partial charge is 0.185 e. The van der Waals surface area contributed by atoms with Crippen LogP contribution in [0.4, 0.5) is 10.2 Å². The minimum Gasteiger partial charge on any atom is -0.507 e. The van der Waals surface area contributed by atoms with Crippen molar-refractivity contribution >= 4 is 16.6 Å². The molecule has 1 aromatic carbocycles. The summed E-state index contributed by atoms with van der Waals surface area (Å²) < 4.78 is 14.8. The molecule has 8 heteroatoms. The number of piperidine rings is 1. The van der Waals surface area contributed by atoms with Gasteiger partial charge in [-0.1, -0.05) is 0 Å². The Kier molecular flexibility index (Phi) is 4.08. The molecule has 4 heterocycles. The molecule has 2 unspecified atom stereocenters. The van der Waals surface area contributed by atoms with Crippen LogP contribution in [0.1, 0.15) is 19.3 Å². The van der Waals surface area contributed by atoms with Crippen molar-refractivity contribution in [2.75, 3.05) is 11.9 Å². The molecule has 2 bridgehead atoms. The quantitative estimate of drug-likeness (QED) is 0.722. The second-order valence-electron chi connectivity index (χ2n) is 7.64. The van der Waals surface area contributed by atoms with Gasteiger partial charge in [0.25, 0.3) is 0 Å². The molecule has 0 saturated carbocycles. The molecule has 3 aromatic rings. The second kappa shape index (κ2) is 6.63. The fourth-order valence-corrected chi connectivity index (χ4v) is 4.38. The largest absolute Gasteiger partial charge is 0.507 e. The summed E-state index contributed by atoms with van der Waals surface area (Å²) in [5.41, 5.74) is 0.491. The number of benzene rings is 1. The first-order valence-corrected chi connectivity index (χ1v) is 9.50. The second-order valence-corrected chi connectivity index (χ2v) is 7.64. The summed E-state index contributed by atoms with van der Waals surface area (Å²) in [5.74, 6) is 0.933. The van der Waals surface area contributed by atoms with E-state index in [1.165, 1.54) is 0 Å². The van der Waals surface area contributed by atoms with E-state index >= 15 is 0 Å². The fraction of sp³-hybridized carbons (Fsp3) is 0.400. The lowest BCUT2D eigenvalue weighted by Crippen LogP contribution is -2.55. The molecule has 28 heavy (non-hydrogen) atoms. The first-order chi connectivity index (χ1) is 13.6. The fourth-order valence-electron chi connectivity index (χ4n) is 4.38. The van der Waals surface area contributed by atoms with Gasteiger partial charge in [0.15, 0.2) is 11.6 Å². The molecule has 2 aliphatic rings. The number of nitrogens with zero attached hydrogens (tertiary/aromatic N) is 5. The maximum absolute atomic E-state index is 14.8. The molecule has 144 valence electrons. The number of alkyl halides is 1. The first-order valence-electron chi connectivity index (χ1n) is 9.50. The number of halogens is 1. The number of fused-ring (bicyclic) bond motifs is 3. The van der Waals surface area contributed by atoms with Crippen LogP contribution < -0.4 is 10.2 Å². The van der Waals surface area contributed by atoms with Crippen molar-refractivity contribution in [1.82, 2.24) is 25.5 Å². The minimum absolute atomic E-state index is 0.0745. The Morgan fingerprint density at radius 1 is 1.18 bits per heavy atom. The van der Waals surface area contributed by atoms with Crippen molar-refractivity contribution < 1.29 is 9.50 Å². The van der Waals surface area contributed by atoms with Gasteiger partial charge in [-0.3, -0.25) is 4.98 Å². The zero-order valence-electron chi connectivity index (χ0n) is 15.5. The van der Waals surface area contributed by atoms with Crippen LogP contribution in [0, 0.1) is 0 Å². The van der Waals surface area contributed by atoms with E-state index in [1.54, 1.807) is 30.7 Å². The summed E-state index contributed by atoms with van der Waals surface area (Å²) >= 11 is 0. The van der Waals surface area contributed by atoms with Crippen LogP contribution in [0.25, 0.3) is 22.2 Å². The van der Waals surface area contributed by atoms with E-state index in [9.17, 15) is 9.50 Å². The maximum Gasteiger partial charge on any atom is 0.185 e. The molecular weight excluding hydrogens is 359 g/mol. The van der Waals surface area contributed by atoms with Crippen LogP contribution in [0.15, 0.2) is 36.8 Å². The number of nitrogens with one attached hydrogen (secondary N) is 1. The summed E-state index contributed by atoms with van der Waals surface area (Å²) in [5, 5.41) is 23.9. The van der Waals surface area contributed by atoms with Gasteiger partial charge < -0.3 is 15.3 Å². The zero-order valence-corrected chi connectivity index (χ0v) is 15.5. The van der Waals surface area contributed by atoms with Gasteiger partial charge >= 0.3 is 0 Å². The van der Waals surface area contributed by atoms with Gasteiger partial charge in [-0.25, -0.2) is 9.37 Å². The molecule has 0 spiro atoms. The van der Waals surface area contributed by atoms with Gasteiger partial charge in [-0.15, -0.1) is 10.2 Å². The third kappa shape index (κ3) is 2.84. The SMILES string of the molecule is CN(c1cnc(-c2cc3cnccc3cc2O)nn1)[C@@H]1CC2CCC(N2)[C@@H]1F. The van der Waals surface area contributed by atoms with Crippen LogP contribution >= 0.6 is 0 Å². The average molecular weight is 380 g/mol. The number of aromatic hydroxyl groups is 1. The van der Waals surface area contributed by atoms with E-state index in [0.717, 1.165) is 30.0 Å². The number of phenolic OH excluding ortho intramolecular Hbond substituents is 1. The van der Waals surface area contributed by atoms with Crippen molar-refractivity contribution in [2.45, 2.75) is 43.6 Å². The van der Waals surface area contributed by atoms with Gasteiger partial charge in [0.1, 0.15) is 11.9 Å². The zero-order chi connectivity index (χ0) is 19.3. The highest BCUT2D eigenvalue weighted by Crippen LogP contribution is 2.34. The third-order valence-corrected chi connectivity index (χ3v) is 5.96. The lowest BCUT2D eigenvalue weighted by atomic mass is 9.96. The highest BCUT2D eigenvalue weighted by Gasteiger charge is 2.43. The molecule has 0 amide bonds. The molecule has 4 atom stereocenters. The molecule has 0 aliphatic carbocycles. The average Bonchev–Trinajstić information content (AvgIpc) is 3.13. The molecule has 2 N–H and O–H groups in total. The van der Waals surface area contributed by atoms with Gasteiger partial charge in [0.2, 0.25) is 0 Å². The number of aromatic nitrogens is 4. The summed E-state index contributed by atoms with van der Waals surface area (Å²) in [6.07, 6.45) is 6.70. The molecule has 2 fully saturated rings. The molecular formula is C20H21FN6O. The predicted octanol–water partition coefficient (Wildman–Crippen LogP) is 2.46. The van der Waals surface area contributed by atoms with Crippen LogP contribution in [0.5, 0.6) is 5.75 Å². The molecule has 7 nitrogen and oxygen atoms in total. The lowest BCUT2D eigenvalue weighted by Gasteiger charge is -2.38. The monoisotopic (exact) mass is 380 g/mol. The molecule has 0 radical (unpaired) electrons. The van der Waals surface area contributed by atoms with E-state index in [-0.39, 0.29) is 17.8 Å². The molecule has 2 saturated heterocycles. The van der Waals surface area contributed by atoms with Crippen LogP contribution in [-0.4, -0.2) is 56.6 Å². The number of hydrogen-bond acceptors (Lipinski definition) is 7. The van der Waals surface area contributed by atoms with Gasteiger partial charge in [-0.2, -0.15) is 0 Å². The number of anilines is 1. The summed E-state index contributed by atoms with van der Waals surface area (Å²) in [6, 6.07) is 5.34. The Morgan fingerprint density at radius 3 is 2.89 bits per heavy atom. The first kappa shape index (κ1) is 17.2. The number of hydrogen-bond donors (Lipinski definition) is 2. The van der Waals surface area contributed by atoms with E-state index < -0.39 is 6.17 Å². The molecule has 5 rings (SSSR count). The van der Waals surface area contributed by atoms with Crippen LogP contribution in [-0.2, 0) is 0 Å². The summed E-state index contributed by atoms with van der Waals surface area (Å²) in [7, 11) is 1.84. The van der Waals surface area contributed by atoms with Gasteiger partial charge in [0.05, 0.1) is 17.8 Å². The predicted molar refractivity (Wildman–Crippen MR) is 104 cm³/mol. The third-order valence-electron chi connectivity index (χ3n) is 5.96. The van der Waals surface area contributed by atoms with Crippen molar-refractivity contribution in [3.05, 3.63) is 36.8 Å². The standard InChI is InChI=1S/C20H21FN6O/c1-27(16-8-13-2-3-15(24-13)19(16)21)18-10-23-20(26-25-18)14-6-12-9-22-5-4-11(12)7-17(14)28/h4-7,9-10,13,15-16,19,24,28H,2-3,8H2,1H3/t13?,15?,16-,19+/m1/s1. The number of pyridine rings is 1. The highest BCUT2D eigenvalue weighted by molar-refractivity contribution is 5.88. The molecule has 2 aromatic heterocycles. The Bertz CT molecular complexity index is 1010. The Hall–Kier alpha value is -2.87. The highest BCUT2D eigenvalue weighted by atomic mass is 19.1. The van der Waals surface area contributed by atoms with E-state index in [2.05, 4.69) is 25.5 Å². The van der Waals surface area contributed by atoms with Crippen LogP contribution in [0.2, 0.25) is 0 Å². The topological polar surface area (TPSA) is 87.1 Å². The van der Waals surface area contributed by atoms with Gasteiger partial charge in [-0.05, 0) is 42.8 Å². The van der Waals surface area contributed by atoms with E-state index in [0.29, 0.717) is 23.2 Å².